The molecule has 0 aliphatic carbocycles. The molecule has 8 nitrogen and oxygen atoms in total. The van der Waals surface area contributed by atoms with Crippen molar-refractivity contribution in [2.75, 3.05) is 11.9 Å². The quantitative estimate of drug-likeness (QED) is 0.694. The van der Waals surface area contributed by atoms with E-state index in [2.05, 4.69) is 15.5 Å². The maximum atomic E-state index is 13.5. The number of nitrogens with one attached hydrogen (secondary N) is 1. The van der Waals surface area contributed by atoms with Gasteiger partial charge in [-0.2, -0.15) is 0 Å². The molecule has 3 aromatic rings. The van der Waals surface area contributed by atoms with E-state index in [0.717, 1.165) is 16.8 Å². The molecule has 152 valence electrons. The van der Waals surface area contributed by atoms with Crippen LogP contribution in [0.15, 0.2) is 53.3 Å². The van der Waals surface area contributed by atoms with Crippen LogP contribution in [-0.2, 0) is 16.8 Å². The lowest BCUT2D eigenvalue weighted by molar-refractivity contribution is -0.121. The maximum Gasteiger partial charge on any atom is 0.276 e. The molecular formula is C22H20N4O4. The molecule has 8 heteroatoms. The number of hydrogen-bond acceptors (Lipinski definition) is 6. The molecule has 30 heavy (non-hydrogen) atoms. The van der Waals surface area contributed by atoms with Crippen molar-refractivity contribution in [3.63, 3.8) is 0 Å². The number of pyridine rings is 1. The van der Waals surface area contributed by atoms with E-state index in [0.29, 0.717) is 24.3 Å². The zero-order valence-corrected chi connectivity index (χ0v) is 16.3. The zero-order valence-electron chi connectivity index (χ0n) is 16.3. The summed E-state index contributed by atoms with van der Waals surface area (Å²) in [5.74, 6) is -0.109. The fourth-order valence-electron chi connectivity index (χ4n) is 4.79. The van der Waals surface area contributed by atoms with Crippen LogP contribution >= 0.6 is 0 Å². The third kappa shape index (κ3) is 2.43. The van der Waals surface area contributed by atoms with Crippen molar-refractivity contribution in [3.8, 4) is 0 Å². The van der Waals surface area contributed by atoms with Crippen LogP contribution in [0, 0.1) is 6.92 Å². The number of aryl methyl sites for hydroxylation is 1. The molecule has 2 aliphatic heterocycles. The molecule has 1 aromatic carbocycles. The molecule has 2 amide bonds. The highest BCUT2D eigenvalue weighted by atomic mass is 16.5. The van der Waals surface area contributed by atoms with Gasteiger partial charge in [-0.05, 0) is 36.6 Å². The Balaban J connectivity index is 1.67. The number of benzene rings is 1. The summed E-state index contributed by atoms with van der Waals surface area (Å²) >= 11 is 0. The highest BCUT2D eigenvalue weighted by Crippen LogP contribution is 2.54. The van der Waals surface area contributed by atoms with E-state index in [1.165, 1.54) is 0 Å². The number of fused-ring (bicyclic) bond motifs is 2. The van der Waals surface area contributed by atoms with E-state index >= 15 is 0 Å². The van der Waals surface area contributed by atoms with Crippen molar-refractivity contribution in [2.45, 2.75) is 31.4 Å². The third-order valence-corrected chi connectivity index (χ3v) is 6.19. The summed E-state index contributed by atoms with van der Waals surface area (Å²) in [6.07, 6.45) is 3.81. The summed E-state index contributed by atoms with van der Waals surface area (Å²) in [5, 5.41) is 16.6. The van der Waals surface area contributed by atoms with Gasteiger partial charge in [0.1, 0.15) is 11.2 Å². The van der Waals surface area contributed by atoms with Crippen LogP contribution in [0.3, 0.4) is 0 Å². The third-order valence-electron chi connectivity index (χ3n) is 6.19. The van der Waals surface area contributed by atoms with Crippen LogP contribution in [0.25, 0.3) is 0 Å². The number of aromatic nitrogens is 2. The van der Waals surface area contributed by atoms with Crippen molar-refractivity contribution in [1.82, 2.24) is 15.0 Å². The molecule has 2 N–H and O–H groups in total. The molecule has 1 saturated heterocycles. The van der Waals surface area contributed by atoms with E-state index < -0.39 is 11.5 Å². The summed E-state index contributed by atoms with van der Waals surface area (Å²) in [7, 11) is 0. The van der Waals surface area contributed by atoms with Gasteiger partial charge in [-0.15, -0.1) is 0 Å². The molecule has 2 atom stereocenters. The Kier molecular flexibility index (Phi) is 4.18. The van der Waals surface area contributed by atoms with E-state index in [4.69, 9.17) is 4.52 Å². The first-order chi connectivity index (χ1) is 14.6. The highest BCUT2D eigenvalue weighted by molar-refractivity contribution is 6.08. The molecule has 1 fully saturated rings. The number of aliphatic hydroxyl groups excluding tert-OH is 1. The number of nitrogens with zero attached hydrogens (tertiary/aromatic N) is 3. The Morgan fingerprint density at radius 1 is 1.33 bits per heavy atom. The average Bonchev–Trinajstić information content (AvgIpc) is 3.43. The lowest BCUT2D eigenvalue weighted by atomic mass is 9.73. The second-order valence-corrected chi connectivity index (χ2v) is 7.63. The zero-order chi connectivity index (χ0) is 20.9. The number of carbonyl (C=O) groups excluding carboxylic acids is 2. The van der Waals surface area contributed by atoms with Crippen LogP contribution < -0.4 is 5.32 Å². The van der Waals surface area contributed by atoms with Gasteiger partial charge in [0.15, 0.2) is 5.69 Å². The molecule has 2 aliphatic rings. The minimum atomic E-state index is -0.923. The Labute approximate surface area is 172 Å². The van der Waals surface area contributed by atoms with Crippen molar-refractivity contribution < 1.29 is 19.2 Å². The molecule has 0 radical (unpaired) electrons. The molecule has 2 unspecified atom stereocenters. The van der Waals surface area contributed by atoms with Crippen molar-refractivity contribution >= 4 is 17.5 Å². The standard InChI is InChI=1S/C22H20N4O4/c1-13-15(12-27)18(25-30-13)20(28)26-10-8-22(19(26)14-5-4-9-23-11-14)16-6-2-3-7-17(16)24-21(22)29/h2-7,9,11,19,27H,8,10,12H2,1H3,(H,24,29). The number of hydrogen-bond donors (Lipinski definition) is 2. The van der Waals surface area contributed by atoms with Gasteiger partial charge in [0.25, 0.3) is 5.91 Å². The predicted molar refractivity (Wildman–Crippen MR) is 107 cm³/mol. The summed E-state index contributed by atoms with van der Waals surface area (Å²) < 4.78 is 5.15. The first-order valence-electron chi connectivity index (χ1n) is 9.76. The SMILES string of the molecule is Cc1onc(C(=O)N2CCC3(C(=O)Nc4ccccc43)C2c2cccnc2)c1CO. The Bertz CT molecular complexity index is 1140. The fraction of sp³-hybridized carbons (Fsp3) is 0.273. The van der Waals surface area contributed by atoms with Gasteiger partial charge in [-0.25, -0.2) is 0 Å². The second-order valence-electron chi connectivity index (χ2n) is 7.63. The highest BCUT2D eigenvalue weighted by Gasteiger charge is 2.59. The number of para-hydroxylation sites is 1. The maximum absolute atomic E-state index is 13.5. The number of aliphatic hydroxyl groups is 1. The summed E-state index contributed by atoms with van der Waals surface area (Å²) in [6.45, 7) is 1.66. The van der Waals surface area contributed by atoms with Gasteiger partial charge < -0.3 is 19.8 Å². The van der Waals surface area contributed by atoms with E-state index in [9.17, 15) is 14.7 Å². The Morgan fingerprint density at radius 3 is 2.93 bits per heavy atom. The van der Waals surface area contributed by atoms with Gasteiger partial charge in [0.2, 0.25) is 5.91 Å². The van der Waals surface area contributed by atoms with Crippen LogP contribution in [0.1, 0.15) is 45.4 Å². The van der Waals surface area contributed by atoms with Gasteiger partial charge in [-0.1, -0.05) is 29.4 Å². The molecule has 1 spiro atoms. The minimum Gasteiger partial charge on any atom is -0.391 e. The monoisotopic (exact) mass is 404 g/mol. The fourth-order valence-corrected chi connectivity index (χ4v) is 4.79. The van der Waals surface area contributed by atoms with Gasteiger partial charge in [0.05, 0.1) is 18.2 Å². The lowest BCUT2D eigenvalue weighted by Gasteiger charge is -2.34. The lowest BCUT2D eigenvalue weighted by Crippen LogP contribution is -2.43. The first kappa shape index (κ1) is 18.5. The summed E-state index contributed by atoms with van der Waals surface area (Å²) in [6, 6.07) is 10.7. The average molecular weight is 404 g/mol. The number of amides is 2. The van der Waals surface area contributed by atoms with E-state index in [1.54, 1.807) is 30.3 Å². The minimum absolute atomic E-state index is 0.0765. The van der Waals surface area contributed by atoms with Gasteiger partial charge in [0, 0.05) is 24.6 Å². The number of anilines is 1. The van der Waals surface area contributed by atoms with E-state index in [1.807, 2.05) is 30.3 Å². The smallest absolute Gasteiger partial charge is 0.276 e. The van der Waals surface area contributed by atoms with E-state index in [-0.39, 0.29) is 24.1 Å². The van der Waals surface area contributed by atoms with Gasteiger partial charge >= 0.3 is 0 Å². The van der Waals surface area contributed by atoms with Crippen molar-refractivity contribution in [2.24, 2.45) is 0 Å². The van der Waals surface area contributed by atoms with Crippen LogP contribution in [0.5, 0.6) is 0 Å². The molecule has 5 rings (SSSR count). The molecule has 0 saturated carbocycles. The summed E-state index contributed by atoms with van der Waals surface area (Å²) in [4.78, 5) is 32.7. The van der Waals surface area contributed by atoms with Crippen molar-refractivity contribution in [3.05, 3.63) is 76.9 Å². The molecule has 4 heterocycles. The van der Waals surface area contributed by atoms with Crippen molar-refractivity contribution in [1.29, 1.82) is 0 Å². The molecule has 2 aromatic heterocycles. The second kappa shape index (κ2) is 6.77. The normalized spacial score (nSPS) is 22.4. The number of rotatable bonds is 3. The van der Waals surface area contributed by atoms with Crippen LogP contribution in [0.2, 0.25) is 0 Å². The Hall–Kier alpha value is -3.52. The Morgan fingerprint density at radius 2 is 2.17 bits per heavy atom. The van der Waals surface area contributed by atoms with Crippen LogP contribution in [0.4, 0.5) is 5.69 Å². The molecular weight excluding hydrogens is 384 g/mol. The van der Waals surface area contributed by atoms with Gasteiger partial charge in [-0.3, -0.25) is 14.6 Å². The largest absolute Gasteiger partial charge is 0.391 e. The van der Waals surface area contributed by atoms with Crippen LogP contribution in [-0.4, -0.2) is 38.5 Å². The topological polar surface area (TPSA) is 109 Å². The first-order valence-corrected chi connectivity index (χ1v) is 9.76. The number of carbonyl (C=O) groups is 2. The molecule has 0 bridgehead atoms. The summed E-state index contributed by atoms with van der Waals surface area (Å²) in [5.41, 5.74) is 1.92. The predicted octanol–water partition coefficient (Wildman–Crippen LogP) is 2.35. The number of likely N-dealkylation sites (tertiary alicyclic amines) is 1.